The Morgan fingerprint density at radius 3 is 2.54 bits per heavy atom. The second-order valence-electron chi connectivity index (χ2n) is 5.29. The molecular formula is C18H19F2NO2S. The van der Waals surface area contributed by atoms with Crippen LogP contribution in [0, 0.1) is 18.6 Å². The SMILES string of the molecule is Cc1ccc(OCCSC(C)C(=O)Nc2ccc(F)c(F)c2)cc1. The molecule has 1 N–H and O–H groups in total. The zero-order valence-corrected chi connectivity index (χ0v) is 14.3. The van der Waals surface area contributed by atoms with Gasteiger partial charge < -0.3 is 10.1 Å². The molecule has 128 valence electrons. The minimum absolute atomic E-state index is 0.238. The van der Waals surface area contributed by atoms with Gasteiger partial charge in [-0.05, 0) is 38.1 Å². The normalized spacial score (nSPS) is 11.8. The molecule has 2 rings (SSSR count). The standard InChI is InChI=1S/C18H19F2NO2S/c1-12-3-6-15(7-4-12)23-9-10-24-13(2)18(22)21-14-5-8-16(19)17(20)11-14/h3-8,11,13H,9-10H2,1-2H3,(H,21,22). The average Bonchev–Trinajstić information content (AvgIpc) is 2.56. The fourth-order valence-corrected chi connectivity index (χ4v) is 2.66. The molecule has 24 heavy (non-hydrogen) atoms. The Hall–Kier alpha value is -2.08. The lowest BCUT2D eigenvalue weighted by Crippen LogP contribution is -2.23. The Morgan fingerprint density at radius 2 is 1.88 bits per heavy atom. The van der Waals surface area contributed by atoms with Crippen LogP contribution in [0.25, 0.3) is 0 Å². The molecule has 0 aliphatic carbocycles. The predicted octanol–water partition coefficient (Wildman–Crippen LogP) is 4.41. The number of carbonyl (C=O) groups is 1. The Bertz CT molecular complexity index is 692. The van der Waals surface area contributed by atoms with Gasteiger partial charge in [0.15, 0.2) is 11.6 Å². The number of aryl methyl sites for hydroxylation is 1. The van der Waals surface area contributed by atoms with Crippen LogP contribution in [0.5, 0.6) is 5.75 Å². The van der Waals surface area contributed by atoms with Crippen LogP contribution in [0.4, 0.5) is 14.5 Å². The molecule has 1 atom stereocenters. The summed E-state index contributed by atoms with van der Waals surface area (Å²) in [7, 11) is 0. The van der Waals surface area contributed by atoms with Gasteiger partial charge in [0.25, 0.3) is 0 Å². The van der Waals surface area contributed by atoms with Crippen molar-refractivity contribution in [3.8, 4) is 5.75 Å². The summed E-state index contributed by atoms with van der Waals surface area (Å²) in [6.07, 6.45) is 0. The van der Waals surface area contributed by atoms with E-state index >= 15 is 0 Å². The summed E-state index contributed by atoms with van der Waals surface area (Å²) >= 11 is 1.43. The molecule has 6 heteroatoms. The van der Waals surface area contributed by atoms with Gasteiger partial charge in [-0.2, -0.15) is 0 Å². The quantitative estimate of drug-likeness (QED) is 0.751. The highest BCUT2D eigenvalue weighted by Crippen LogP contribution is 2.17. The maximum absolute atomic E-state index is 13.1. The summed E-state index contributed by atoms with van der Waals surface area (Å²) in [5.41, 5.74) is 1.40. The van der Waals surface area contributed by atoms with E-state index in [-0.39, 0.29) is 16.8 Å². The van der Waals surface area contributed by atoms with Gasteiger partial charge in [-0.3, -0.25) is 4.79 Å². The largest absolute Gasteiger partial charge is 0.493 e. The monoisotopic (exact) mass is 351 g/mol. The van der Waals surface area contributed by atoms with E-state index in [0.717, 1.165) is 17.9 Å². The third-order valence-corrected chi connectivity index (χ3v) is 4.41. The smallest absolute Gasteiger partial charge is 0.237 e. The minimum Gasteiger partial charge on any atom is -0.493 e. The lowest BCUT2D eigenvalue weighted by atomic mass is 10.2. The molecule has 0 aromatic heterocycles. The number of carbonyl (C=O) groups excluding carboxylic acids is 1. The van der Waals surface area contributed by atoms with Gasteiger partial charge in [0.1, 0.15) is 5.75 Å². The molecule has 1 amide bonds. The first-order chi connectivity index (χ1) is 11.5. The summed E-state index contributed by atoms with van der Waals surface area (Å²) in [6.45, 7) is 4.25. The Labute approximate surface area is 144 Å². The van der Waals surface area contributed by atoms with E-state index in [1.165, 1.54) is 23.4 Å². The van der Waals surface area contributed by atoms with Crippen LogP contribution in [0.1, 0.15) is 12.5 Å². The van der Waals surface area contributed by atoms with E-state index in [0.29, 0.717) is 12.4 Å². The molecule has 0 saturated carbocycles. The van der Waals surface area contributed by atoms with Gasteiger partial charge in [0, 0.05) is 17.5 Å². The number of anilines is 1. The van der Waals surface area contributed by atoms with E-state index in [4.69, 9.17) is 4.74 Å². The fourth-order valence-electron chi connectivity index (χ4n) is 1.91. The number of nitrogens with one attached hydrogen (secondary N) is 1. The molecular weight excluding hydrogens is 332 g/mol. The van der Waals surface area contributed by atoms with Crippen molar-refractivity contribution in [3.05, 3.63) is 59.7 Å². The van der Waals surface area contributed by atoms with Crippen LogP contribution in [0.3, 0.4) is 0 Å². The molecule has 0 saturated heterocycles. The van der Waals surface area contributed by atoms with Gasteiger partial charge in [0.05, 0.1) is 11.9 Å². The number of benzene rings is 2. The summed E-state index contributed by atoms with van der Waals surface area (Å²) in [5.74, 6) is -0.759. The van der Waals surface area contributed by atoms with Crippen molar-refractivity contribution in [2.24, 2.45) is 0 Å². The Morgan fingerprint density at radius 1 is 1.17 bits per heavy atom. The van der Waals surface area contributed by atoms with Crippen molar-refractivity contribution in [1.82, 2.24) is 0 Å². The van der Waals surface area contributed by atoms with Crippen molar-refractivity contribution in [3.63, 3.8) is 0 Å². The number of hydrogen-bond acceptors (Lipinski definition) is 3. The van der Waals surface area contributed by atoms with Crippen LogP contribution in [0.15, 0.2) is 42.5 Å². The van der Waals surface area contributed by atoms with E-state index in [9.17, 15) is 13.6 Å². The summed E-state index contributed by atoms with van der Waals surface area (Å²) in [4.78, 5) is 12.0. The van der Waals surface area contributed by atoms with Crippen molar-refractivity contribution < 1.29 is 18.3 Å². The number of ether oxygens (including phenoxy) is 1. The van der Waals surface area contributed by atoms with Gasteiger partial charge in [-0.25, -0.2) is 8.78 Å². The third kappa shape index (κ3) is 5.53. The Kier molecular flexibility index (Phi) is 6.61. The van der Waals surface area contributed by atoms with Crippen molar-refractivity contribution in [2.75, 3.05) is 17.7 Å². The zero-order chi connectivity index (χ0) is 17.5. The highest BCUT2D eigenvalue weighted by atomic mass is 32.2. The van der Waals surface area contributed by atoms with Gasteiger partial charge in [-0.1, -0.05) is 17.7 Å². The van der Waals surface area contributed by atoms with Crippen molar-refractivity contribution in [1.29, 1.82) is 0 Å². The topological polar surface area (TPSA) is 38.3 Å². The molecule has 0 spiro atoms. The number of amides is 1. The molecule has 0 heterocycles. The zero-order valence-electron chi connectivity index (χ0n) is 13.5. The van der Waals surface area contributed by atoms with Crippen LogP contribution in [0.2, 0.25) is 0 Å². The molecule has 0 fully saturated rings. The molecule has 3 nitrogen and oxygen atoms in total. The Balaban J connectivity index is 1.73. The van der Waals surface area contributed by atoms with Gasteiger partial charge >= 0.3 is 0 Å². The van der Waals surface area contributed by atoms with Gasteiger partial charge in [0.2, 0.25) is 5.91 Å². The number of hydrogen-bond donors (Lipinski definition) is 1. The lowest BCUT2D eigenvalue weighted by molar-refractivity contribution is -0.115. The second-order valence-corrected chi connectivity index (χ2v) is 6.74. The number of rotatable bonds is 7. The molecule has 0 radical (unpaired) electrons. The minimum atomic E-state index is -0.986. The van der Waals surface area contributed by atoms with Crippen LogP contribution >= 0.6 is 11.8 Å². The van der Waals surface area contributed by atoms with Crippen LogP contribution in [-0.4, -0.2) is 23.5 Å². The second kappa shape index (κ2) is 8.68. The molecule has 2 aromatic rings. The van der Waals surface area contributed by atoms with Crippen molar-refractivity contribution in [2.45, 2.75) is 19.1 Å². The maximum atomic E-state index is 13.1. The summed E-state index contributed by atoms with van der Waals surface area (Å²) < 4.78 is 31.6. The predicted molar refractivity (Wildman–Crippen MR) is 93.6 cm³/mol. The number of halogens is 2. The average molecular weight is 351 g/mol. The maximum Gasteiger partial charge on any atom is 0.237 e. The fraction of sp³-hybridized carbons (Fsp3) is 0.278. The van der Waals surface area contributed by atoms with Gasteiger partial charge in [-0.15, -0.1) is 11.8 Å². The highest BCUT2D eigenvalue weighted by Gasteiger charge is 2.14. The van der Waals surface area contributed by atoms with Crippen molar-refractivity contribution >= 4 is 23.4 Å². The van der Waals surface area contributed by atoms with Crippen LogP contribution in [-0.2, 0) is 4.79 Å². The molecule has 0 bridgehead atoms. The van der Waals surface area contributed by atoms with E-state index in [1.54, 1.807) is 6.92 Å². The first-order valence-electron chi connectivity index (χ1n) is 7.52. The van der Waals surface area contributed by atoms with E-state index in [2.05, 4.69) is 5.32 Å². The molecule has 0 aliphatic heterocycles. The van der Waals surface area contributed by atoms with Crippen LogP contribution < -0.4 is 10.1 Å². The molecule has 1 unspecified atom stereocenters. The molecule has 0 aliphatic rings. The number of thioether (sulfide) groups is 1. The molecule has 2 aromatic carbocycles. The first-order valence-corrected chi connectivity index (χ1v) is 8.57. The lowest BCUT2D eigenvalue weighted by Gasteiger charge is -2.12. The van der Waals surface area contributed by atoms with E-state index in [1.807, 2.05) is 31.2 Å². The van der Waals surface area contributed by atoms with E-state index < -0.39 is 11.6 Å². The highest BCUT2D eigenvalue weighted by molar-refractivity contribution is 8.00. The third-order valence-electron chi connectivity index (χ3n) is 3.30. The summed E-state index contributed by atoms with van der Waals surface area (Å²) in [6, 6.07) is 11.0. The first kappa shape index (κ1) is 18.3. The summed E-state index contributed by atoms with van der Waals surface area (Å²) in [5, 5.41) is 2.23.